The van der Waals surface area contributed by atoms with Gasteiger partial charge in [-0.3, -0.25) is 9.48 Å². The molecule has 0 spiro atoms. The van der Waals surface area contributed by atoms with E-state index in [1.54, 1.807) is 22.0 Å². The molecule has 6 nitrogen and oxygen atoms in total. The molecule has 1 atom stereocenters. The predicted octanol–water partition coefficient (Wildman–Crippen LogP) is -0.349. The van der Waals surface area contributed by atoms with Crippen LogP contribution in [0.1, 0.15) is 19.3 Å². The summed E-state index contributed by atoms with van der Waals surface area (Å²) in [5, 5.41) is 16.9. The van der Waals surface area contributed by atoms with Crippen LogP contribution in [-0.2, 0) is 11.3 Å². The molecule has 1 N–H and O–H groups in total. The molecule has 0 radical (unpaired) electrons. The third-order valence-electron chi connectivity index (χ3n) is 2.78. The number of aromatic nitrogens is 3. The van der Waals surface area contributed by atoms with Gasteiger partial charge >= 0.3 is 0 Å². The quantitative estimate of drug-likeness (QED) is 0.762. The maximum Gasteiger partial charge on any atom is 0.224 e. The minimum absolute atomic E-state index is 0.0780. The summed E-state index contributed by atoms with van der Waals surface area (Å²) in [5.41, 5.74) is 0. The first kappa shape index (κ1) is 11.1. The smallest absolute Gasteiger partial charge is 0.224 e. The lowest BCUT2D eigenvalue weighted by atomic mass is 10.1. The van der Waals surface area contributed by atoms with Crippen molar-refractivity contribution in [3.8, 4) is 0 Å². The lowest BCUT2D eigenvalue weighted by molar-refractivity contribution is -0.134. The number of aryl methyl sites for hydroxylation is 1. The van der Waals surface area contributed by atoms with Crippen molar-refractivity contribution in [3.63, 3.8) is 0 Å². The van der Waals surface area contributed by atoms with Gasteiger partial charge in [-0.05, 0) is 12.8 Å². The number of carbonyl (C=O) groups is 1. The molecule has 0 unspecified atom stereocenters. The summed E-state index contributed by atoms with van der Waals surface area (Å²) in [7, 11) is 0. The first-order valence-electron chi connectivity index (χ1n) is 5.55. The second kappa shape index (κ2) is 5.07. The van der Waals surface area contributed by atoms with Gasteiger partial charge in [-0.15, -0.1) is 5.10 Å². The number of rotatable bonds is 3. The van der Waals surface area contributed by atoms with E-state index in [1.807, 2.05) is 0 Å². The summed E-state index contributed by atoms with van der Waals surface area (Å²) >= 11 is 0. The molecule has 6 heteroatoms. The van der Waals surface area contributed by atoms with Crippen LogP contribution in [0, 0.1) is 0 Å². The minimum Gasteiger partial charge on any atom is -0.391 e. The van der Waals surface area contributed by atoms with E-state index in [2.05, 4.69) is 10.3 Å². The average molecular weight is 224 g/mol. The second-order valence-corrected chi connectivity index (χ2v) is 4.05. The second-order valence-electron chi connectivity index (χ2n) is 4.05. The zero-order valence-corrected chi connectivity index (χ0v) is 9.12. The molecule has 1 aromatic heterocycles. The number of hydrogen-bond donors (Lipinski definition) is 1. The number of carbonyl (C=O) groups excluding carboxylic acids is 1. The van der Waals surface area contributed by atoms with Crippen molar-refractivity contribution in [3.05, 3.63) is 12.4 Å². The van der Waals surface area contributed by atoms with E-state index in [-0.39, 0.29) is 12.0 Å². The molecule has 88 valence electrons. The molecule has 0 aromatic carbocycles. The molecule has 1 aliphatic rings. The fourth-order valence-corrected chi connectivity index (χ4v) is 1.90. The minimum atomic E-state index is -0.357. The lowest BCUT2D eigenvalue weighted by Gasteiger charge is -2.30. The van der Waals surface area contributed by atoms with Gasteiger partial charge in [0.25, 0.3) is 0 Å². The summed E-state index contributed by atoms with van der Waals surface area (Å²) in [6, 6.07) is 0. The molecule has 2 rings (SSSR count). The molecule has 1 amide bonds. The van der Waals surface area contributed by atoms with E-state index in [0.717, 1.165) is 19.4 Å². The Balaban J connectivity index is 1.79. The van der Waals surface area contributed by atoms with Crippen LogP contribution in [0.3, 0.4) is 0 Å². The maximum atomic E-state index is 11.8. The third-order valence-corrected chi connectivity index (χ3v) is 2.78. The van der Waals surface area contributed by atoms with Crippen LogP contribution in [0.2, 0.25) is 0 Å². The molecular weight excluding hydrogens is 208 g/mol. The van der Waals surface area contributed by atoms with Crippen LogP contribution >= 0.6 is 0 Å². The number of β-amino-alcohol motifs (C(OH)–C–C–N with tert-alkyl or cyclic N) is 1. The molecular formula is C10H16N4O2. The van der Waals surface area contributed by atoms with Gasteiger partial charge in [-0.1, -0.05) is 5.21 Å². The molecule has 0 aliphatic carbocycles. The standard InChI is InChI=1S/C10H16N4O2/c15-9-2-1-5-13(8-9)10(16)3-6-14-7-4-11-12-14/h4,7,9,15H,1-3,5-6,8H2/t9-/m0/s1. The van der Waals surface area contributed by atoms with Crippen molar-refractivity contribution >= 4 is 5.91 Å². The van der Waals surface area contributed by atoms with Crippen molar-refractivity contribution in [1.29, 1.82) is 0 Å². The van der Waals surface area contributed by atoms with Gasteiger partial charge in [-0.25, -0.2) is 0 Å². The number of aliphatic hydroxyl groups is 1. The summed E-state index contributed by atoms with van der Waals surface area (Å²) in [5.74, 6) is 0.0780. The summed E-state index contributed by atoms with van der Waals surface area (Å²) in [6.07, 6.45) is 5.07. The van der Waals surface area contributed by atoms with Gasteiger partial charge in [0.15, 0.2) is 0 Å². The Labute approximate surface area is 93.9 Å². The van der Waals surface area contributed by atoms with Crippen LogP contribution in [0.4, 0.5) is 0 Å². The number of aliphatic hydroxyl groups excluding tert-OH is 1. The molecule has 16 heavy (non-hydrogen) atoms. The van der Waals surface area contributed by atoms with Gasteiger partial charge < -0.3 is 10.0 Å². The van der Waals surface area contributed by atoms with Gasteiger partial charge in [0.1, 0.15) is 0 Å². The average Bonchev–Trinajstić information content (AvgIpc) is 2.78. The molecule has 1 saturated heterocycles. The van der Waals surface area contributed by atoms with Gasteiger partial charge in [-0.2, -0.15) is 0 Å². The fourth-order valence-electron chi connectivity index (χ4n) is 1.90. The van der Waals surface area contributed by atoms with Crippen molar-refractivity contribution in [2.24, 2.45) is 0 Å². The Morgan fingerprint density at radius 3 is 3.12 bits per heavy atom. The Hall–Kier alpha value is -1.43. The normalized spacial score (nSPS) is 21.1. The number of hydrogen-bond acceptors (Lipinski definition) is 4. The zero-order chi connectivity index (χ0) is 11.4. The summed E-state index contributed by atoms with van der Waals surface area (Å²) in [4.78, 5) is 13.5. The Bertz CT molecular complexity index is 339. The predicted molar refractivity (Wildman–Crippen MR) is 56.5 cm³/mol. The van der Waals surface area contributed by atoms with E-state index in [1.165, 1.54) is 0 Å². The maximum absolute atomic E-state index is 11.8. The molecule has 0 saturated carbocycles. The first-order chi connectivity index (χ1) is 7.75. The summed E-state index contributed by atoms with van der Waals surface area (Å²) < 4.78 is 1.64. The largest absolute Gasteiger partial charge is 0.391 e. The highest BCUT2D eigenvalue weighted by atomic mass is 16.3. The number of piperidine rings is 1. The summed E-state index contributed by atoms with van der Waals surface area (Å²) in [6.45, 7) is 1.77. The van der Waals surface area contributed by atoms with Crippen LogP contribution in [0.5, 0.6) is 0 Å². The van der Waals surface area contributed by atoms with E-state index >= 15 is 0 Å². The highest BCUT2D eigenvalue weighted by molar-refractivity contribution is 5.76. The van der Waals surface area contributed by atoms with Gasteiger partial charge in [0.05, 0.1) is 18.8 Å². The highest BCUT2D eigenvalue weighted by Gasteiger charge is 2.21. The van der Waals surface area contributed by atoms with Crippen LogP contribution in [-0.4, -0.2) is 50.1 Å². The number of amides is 1. The Morgan fingerprint density at radius 1 is 1.56 bits per heavy atom. The van der Waals surface area contributed by atoms with Gasteiger partial charge in [0, 0.05) is 25.7 Å². The third kappa shape index (κ3) is 2.79. The van der Waals surface area contributed by atoms with Crippen LogP contribution in [0.25, 0.3) is 0 Å². The monoisotopic (exact) mass is 224 g/mol. The van der Waals surface area contributed by atoms with Crippen molar-refractivity contribution in [1.82, 2.24) is 19.9 Å². The van der Waals surface area contributed by atoms with Crippen LogP contribution in [0.15, 0.2) is 12.4 Å². The Kier molecular flexibility index (Phi) is 3.51. The SMILES string of the molecule is O=C(CCn1ccnn1)N1CCC[C@H](O)C1. The number of nitrogens with zero attached hydrogens (tertiary/aromatic N) is 4. The molecule has 2 heterocycles. The molecule has 1 fully saturated rings. The topological polar surface area (TPSA) is 71.2 Å². The lowest BCUT2D eigenvalue weighted by Crippen LogP contribution is -2.42. The van der Waals surface area contributed by atoms with Crippen molar-refractivity contribution < 1.29 is 9.90 Å². The van der Waals surface area contributed by atoms with Crippen molar-refractivity contribution in [2.45, 2.75) is 31.9 Å². The Morgan fingerprint density at radius 2 is 2.44 bits per heavy atom. The molecule has 1 aromatic rings. The van der Waals surface area contributed by atoms with E-state index in [9.17, 15) is 9.90 Å². The van der Waals surface area contributed by atoms with E-state index in [4.69, 9.17) is 0 Å². The van der Waals surface area contributed by atoms with Crippen LogP contribution < -0.4 is 0 Å². The van der Waals surface area contributed by atoms with E-state index in [0.29, 0.717) is 19.5 Å². The van der Waals surface area contributed by atoms with E-state index < -0.39 is 0 Å². The fraction of sp³-hybridized carbons (Fsp3) is 0.700. The zero-order valence-electron chi connectivity index (χ0n) is 9.12. The molecule has 0 bridgehead atoms. The number of likely N-dealkylation sites (tertiary alicyclic amines) is 1. The van der Waals surface area contributed by atoms with Gasteiger partial charge in [0.2, 0.25) is 5.91 Å². The highest BCUT2D eigenvalue weighted by Crippen LogP contribution is 2.11. The van der Waals surface area contributed by atoms with Crippen molar-refractivity contribution in [2.75, 3.05) is 13.1 Å². The molecule has 1 aliphatic heterocycles. The first-order valence-corrected chi connectivity index (χ1v) is 5.55.